The molecule has 0 radical (unpaired) electrons. The second kappa shape index (κ2) is 5.72. The van der Waals surface area contributed by atoms with Crippen molar-refractivity contribution in [1.29, 1.82) is 0 Å². The minimum absolute atomic E-state index is 0.218. The van der Waals surface area contributed by atoms with Crippen molar-refractivity contribution in [3.8, 4) is 0 Å². The van der Waals surface area contributed by atoms with Crippen molar-refractivity contribution < 1.29 is 15.0 Å². The van der Waals surface area contributed by atoms with Crippen LogP contribution in [0, 0.1) is 5.92 Å². The van der Waals surface area contributed by atoms with Gasteiger partial charge in [-0.2, -0.15) is 0 Å². The highest BCUT2D eigenvalue weighted by Crippen LogP contribution is 2.24. The first-order chi connectivity index (χ1) is 7.50. The van der Waals surface area contributed by atoms with Crippen molar-refractivity contribution in [3.63, 3.8) is 0 Å². The molecule has 1 aliphatic carbocycles. The smallest absolute Gasteiger partial charge is 0.143 e. The predicted octanol–water partition coefficient (Wildman–Crippen LogP) is -0.986. The topological polar surface area (TPSA) is 95.6 Å². The Morgan fingerprint density at radius 3 is 2.75 bits per heavy atom. The molecule has 1 fully saturated rings. The third-order valence-corrected chi connectivity index (χ3v) is 3.37. The molecule has 0 aliphatic heterocycles. The van der Waals surface area contributed by atoms with Gasteiger partial charge in [0.25, 0.3) is 0 Å². The zero-order valence-corrected chi connectivity index (χ0v) is 9.72. The van der Waals surface area contributed by atoms with Gasteiger partial charge in [-0.05, 0) is 25.2 Å². The Balaban J connectivity index is 2.36. The summed E-state index contributed by atoms with van der Waals surface area (Å²) >= 11 is 0. The van der Waals surface area contributed by atoms with Gasteiger partial charge < -0.3 is 26.1 Å². The van der Waals surface area contributed by atoms with E-state index < -0.39 is 5.54 Å². The van der Waals surface area contributed by atoms with Gasteiger partial charge in [0, 0.05) is 12.6 Å². The minimum atomic E-state index is -1.18. The van der Waals surface area contributed by atoms with E-state index in [9.17, 15) is 9.90 Å². The highest BCUT2D eigenvalue weighted by Gasteiger charge is 2.29. The third kappa shape index (κ3) is 3.52. The van der Waals surface area contributed by atoms with E-state index >= 15 is 0 Å². The van der Waals surface area contributed by atoms with E-state index in [0.29, 0.717) is 6.29 Å². The fourth-order valence-electron chi connectivity index (χ4n) is 2.03. The Hall–Kier alpha value is -0.490. The molecule has 5 heteroatoms. The van der Waals surface area contributed by atoms with Crippen LogP contribution < -0.4 is 11.1 Å². The highest BCUT2D eigenvalue weighted by molar-refractivity contribution is 5.64. The van der Waals surface area contributed by atoms with Gasteiger partial charge in [-0.3, -0.25) is 0 Å². The summed E-state index contributed by atoms with van der Waals surface area (Å²) in [6.07, 6.45) is 2.90. The van der Waals surface area contributed by atoms with Crippen LogP contribution in [0.3, 0.4) is 0 Å². The van der Waals surface area contributed by atoms with Gasteiger partial charge in [0.1, 0.15) is 11.8 Å². The van der Waals surface area contributed by atoms with Crippen LogP contribution in [0.15, 0.2) is 0 Å². The number of hydrogen-bond acceptors (Lipinski definition) is 5. The van der Waals surface area contributed by atoms with Gasteiger partial charge in [-0.15, -0.1) is 0 Å². The quantitative estimate of drug-likeness (QED) is 0.455. The van der Waals surface area contributed by atoms with E-state index in [4.69, 9.17) is 10.8 Å². The lowest BCUT2D eigenvalue weighted by Gasteiger charge is -2.33. The first kappa shape index (κ1) is 13.6. The maximum Gasteiger partial charge on any atom is 0.143 e. The van der Waals surface area contributed by atoms with E-state index in [0.717, 1.165) is 19.3 Å². The van der Waals surface area contributed by atoms with Gasteiger partial charge >= 0.3 is 0 Å². The van der Waals surface area contributed by atoms with Gasteiger partial charge in [-0.25, -0.2) is 0 Å². The number of carbonyl (C=O) groups is 1. The normalized spacial score (nSPS) is 34.4. The molecular weight excluding hydrogens is 208 g/mol. The number of nitrogens with two attached hydrogens (primary N) is 1. The van der Waals surface area contributed by atoms with Crippen LogP contribution in [0.2, 0.25) is 0 Å². The van der Waals surface area contributed by atoms with Gasteiger partial charge in [-0.1, -0.05) is 6.92 Å². The van der Waals surface area contributed by atoms with Crippen LogP contribution in [-0.4, -0.2) is 47.3 Å². The Morgan fingerprint density at radius 2 is 2.25 bits per heavy atom. The predicted molar refractivity (Wildman–Crippen MR) is 60.9 cm³/mol. The summed E-state index contributed by atoms with van der Waals surface area (Å²) in [5.74, 6) is 0.267. The number of aliphatic hydroxyl groups is 2. The van der Waals surface area contributed by atoms with Crippen LogP contribution in [-0.2, 0) is 4.79 Å². The average Bonchev–Trinajstić information content (AvgIpc) is 2.30. The van der Waals surface area contributed by atoms with Gasteiger partial charge in [0.05, 0.1) is 12.7 Å². The second-order valence-electron chi connectivity index (χ2n) is 4.94. The molecule has 94 valence electrons. The van der Waals surface area contributed by atoms with Gasteiger partial charge in [0.15, 0.2) is 0 Å². The lowest BCUT2D eigenvalue weighted by Crippen LogP contribution is -2.55. The average molecular weight is 230 g/mol. The number of aldehydes is 1. The highest BCUT2D eigenvalue weighted by atomic mass is 16.3. The summed E-state index contributed by atoms with van der Waals surface area (Å²) < 4.78 is 0. The van der Waals surface area contributed by atoms with Crippen LogP contribution in [0.25, 0.3) is 0 Å². The van der Waals surface area contributed by atoms with Crippen molar-refractivity contribution >= 4 is 6.29 Å². The molecule has 0 aromatic rings. The lowest BCUT2D eigenvalue weighted by atomic mass is 9.84. The molecule has 0 spiro atoms. The fraction of sp³-hybridized carbons (Fsp3) is 0.909. The minimum Gasteiger partial charge on any atom is -0.394 e. The molecule has 0 aromatic carbocycles. The Labute approximate surface area is 96.0 Å². The monoisotopic (exact) mass is 230 g/mol. The van der Waals surface area contributed by atoms with E-state index in [-0.39, 0.29) is 31.2 Å². The Morgan fingerprint density at radius 1 is 1.56 bits per heavy atom. The summed E-state index contributed by atoms with van der Waals surface area (Å²) in [5, 5.41) is 21.7. The molecule has 1 rings (SSSR count). The Kier molecular flexibility index (Phi) is 4.86. The number of rotatable bonds is 5. The fourth-order valence-corrected chi connectivity index (χ4v) is 2.03. The molecular formula is C11H22N2O3. The van der Waals surface area contributed by atoms with Crippen LogP contribution in [0.5, 0.6) is 0 Å². The molecule has 4 atom stereocenters. The SMILES string of the molecule is CC1CC(NCC(N)(C=O)CO)CCC1O. The van der Waals surface area contributed by atoms with E-state index in [1.165, 1.54) is 0 Å². The van der Waals surface area contributed by atoms with Crippen LogP contribution in [0.4, 0.5) is 0 Å². The molecule has 0 bridgehead atoms. The van der Waals surface area contributed by atoms with Crippen molar-refractivity contribution in [2.45, 2.75) is 43.9 Å². The first-order valence-corrected chi connectivity index (χ1v) is 5.78. The largest absolute Gasteiger partial charge is 0.394 e. The zero-order valence-electron chi connectivity index (χ0n) is 9.72. The molecule has 5 N–H and O–H groups in total. The Bertz CT molecular complexity index is 237. The summed E-state index contributed by atoms with van der Waals surface area (Å²) in [6.45, 7) is 1.94. The summed E-state index contributed by atoms with van der Waals surface area (Å²) in [4.78, 5) is 10.7. The summed E-state index contributed by atoms with van der Waals surface area (Å²) in [5.41, 5.74) is 4.46. The van der Waals surface area contributed by atoms with Crippen molar-refractivity contribution in [1.82, 2.24) is 5.32 Å². The molecule has 0 saturated heterocycles. The van der Waals surface area contributed by atoms with Crippen LogP contribution in [0.1, 0.15) is 26.2 Å². The van der Waals surface area contributed by atoms with Gasteiger partial charge in [0.2, 0.25) is 0 Å². The molecule has 0 aromatic heterocycles. The number of aliphatic hydroxyl groups excluding tert-OH is 2. The number of hydrogen-bond donors (Lipinski definition) is 4. The number of nitrogens with one attached hydrogen (secondary N) is 1. The third-order valence-electron chi connectivity index (χ3n) is 3.37. The molecule has 16 heavy (non-hydrogen) atoms. The molecule has 0 heterocycles. The summed E-state index contributed by atoms with van der Waals surface area (Å²) in [6, 6.07) is 0.271. The molecule has 1 aliphatic rings. The first-order valence-electron chi connectivity index (χ1n) is 5.78. The molecule has 1 saturated carbocycles. The maximum absolute atomic E-state index is 10.7. The van der Waals surface area contributed by atoms with E-state index in [1.807, 2.05) is 6.92 Å². The van der Waals surface area contributed by atoms with Crippen molar-refractivity contribution in [2.24, 2.45) is 11.7 Å². The standard InChI is InChI=1S/C11H22N2O3/c1-8-4-9(2-3-10(8)16)13-5-11(12,6-14)7-15/h6,8-10,13,15-16H,2-5,7,12H2,1H3. The molecule has 4 unspecified atom stereocenters. The van der Waals surface area contributed by atoms with E-state index in [1.54, 1.807) is 0 Å². The van der Waals surface area contributed by atoms with Crippen molar-refractivity contribution in [3.05, 3.63) is 0 Å². The second-order valence-corrected chi connectivity index (χ2v) is 4.94. The van der Waals surface area contributed by atoms with Crippen molar-refractivity contribution in [2.75, 3.05) is 13.2 Å². The molecule has 5 nitrogen and oxygen atoms in total. The maximum atomic E-state index is 10.7. The number of carbonyl (C=O) groups excluding carboxylic acids is 1. The molecule has 0 amide bonds. The summed E-state index contributed by atoms with van der Waals surface area (Å²) in [7, 11) is 0. The lowest BCUT2D eigenvalue weighted by molar-refractivity contribution is -0.113. The van der Waals surface area contributed by atoms with E-state index in [2.05, 4.69) is 5.32 Å². The van der Waals surface area contributed by atoms with Crippen LogP contribution >= 0.6 is 0 Å². The zero-order chi connectivity index (χ0) is 12.2.